The van der Waals surface area contributed by atoms with Crippen molar-refractivity contribution >= 4 is 15.9 Å². The third kappa shape index (κ3) is 3.03. The Labute approximate surface area is 116 Å². The summed E-state index contributed by atoms with van der Waals surface area (Å²) in [5.74, 6) is 0.816. The van der Waals surface area contributed by atoms with E-state index in [0.717, 1.165) is 42.0 Å². The molecule has 0 aliphatic carbocycles. The number of hydrogen-bond acceptors (Lipinski definition) is 4. The van der Waals surface area contributed by atoms with Crippen LogP contribution in [-0.2, 0) is 0 Å². The number of aliphatic hydroxyl groups is 1. The molecule has 1 atom stereocenters. The van der Waals surface area contributed by atoms with E-state index in [0.29, 0.717) is 0 Å². The highest BCUT2D eigenvalue weighted by Gasteiger charge is 2.21. The van der Waals surface area contributed by atoms with Crippen LogP contribution in [0.25, 0.3) is 0 Å². The van der Waals surface area contributed by atoms with Gasteiger partial charge in [0.25, 0.3) is 0 Å². The molecule has 100 valence electrons. The van der Waals surface area contributed by atoms with Gasteiger partial charge in [-0.25, -0.2) is 0 Å². The van der Waals surface area contributed by atoms with Gasteiger partial charge in [0.1, 0.15) is 5.75 Å². The fourth-order valence-electron chi connectivity index (χ4n) is 2.32. The summed E-state index contributed by atoms with van der Waals surface area (Å²) in [6.07, 6.45) is 0. The van der Waals surface area contributed by atoms with Crippen molar-refractivity contribution in [2.45, 2.75) is 6.04 Å². The summed E-state index contributed by atoms with van der Waals surface area (Å²) in [4.78, 5) is 2.31. The molecule has 0 aromatic heterocycles. The number of nitrogens with one attached hydrogen (secondary N) is 1. The zero-order valence-corrected chi connectivity index (χ0v) is 12.1. The second kappa shape index (κ2) is 6.52. The van der Waals surface area contributed by atoms with Crippen LogP contribution in [-0.4, -0.2) is 49.9 Å². The van der Waals surface area contributed by atoms with E-state index in [-0.39, 0.29) is 12.6 Å². The monoisotopic (exact) mass is 314 g/mol. The lowest BCUT2D eigenvalue weighted by molar-refractivity contribution is 0.111. The van der Waals surface area contributed by atoms with Gasteiger partial charge < -0.3 is 15.2 Å². The predicted octanol–water partition coefficient (Wildman–Crippen LogP) is 1.40. The molecule has 2 N–H and O–H groups in total. The van der Waals surface area contributed by atoms with Crippen LogP contribution in [0.1, 0.15) is 11.6 Å². The number of nitrogens with zero attached hydrogens (tertiary/aromatic N) is 1. The largest absolute Gasteiger partial charge is 0.496 e. The minimum atomic E-state index is 0.0642. The molecule has 0 spiro atoms. The smallest absolute Gasteiger partial charge is 0.133 e. The molecule has 0 radical (unpaired) electrons. The van der Waals surface area contributed by atoms with Crippen molar-refractivity contribution in [2.24, 2.45) is 0 Å². The van der Waals surface area contributed by atoms with Gasteiger partial charge in [-0.05, 0) is 33.6 Å². The predicted molar refractivity (Wildman–Crippen MR) is 75.0 cm³/mol. The zero-order chi connectivity index (χ0) is 13.0. The number of rotatable bonds is 4. The number of halogens is 1. The van der Waals surface area contributed by atoms with Crippen molar-refractivity contribution in [3.05, 3.63) is 28.2 Å². The SMILES string of the molecule is COc1ccc([C@H](CO)N2CCNCC2)cc1Br. The van der Waals surface area contributed by atoms with E-state index in [4.69, 9.17) is 4.74 Å². The van der Waals surface area contributed by atoms with Gasteiger partial charge >= 0.3 is 0 Å². The standard InChI is InChI=1S/C13H19BrN2O2/c1-18-13-3-2-10(8-11(13)14)12(9-17)16-6-4-15-5-7-16/h2-3,8,12,15,17H,4-7,9H2,1H3/t12-/m0/s1. The van der Waals surface area contributed by atoms with E-state index < -0.39 is 0 Å². The Bertz CT molecular complexity index is 395. The molecule has 1 aliphatic rings. The number of aliphatic hydroxyl groups excluding tert-OH is 1. The number of hydrogen-bond donors (Lipinski definition) is 2. The maximum atomic E-state index is 9.64. The molecule has 1 aliphatic heterocycles. The first-order valence-electron chi connectivity index (χ1n) is 6.15. The van der Waals surface area contributed by atoms with Crippen LogP contribution in [0.5, 0.6) is 5.75 Å². The van der Waals surface area contributed by atoms with E-state index in [2.05, 4.69) is 26.1 Å². The Morgan fingerprint density at radius 3 is 2.72 bits per heavy atom. The summed E-state index contributed by atoms with van der Waals surface area (Å²) >= 11 is 3.49. The Kier molecular flexibility index (Phi) is 5.00. The number of methoxy groups -OCH3 is 1. The lowest BCUT2D eigenvalue weighted by atomic mass is 10.1. The van der Waals surface area contributed by atoms with Crippen molar-refractivity contribution in [3.8, 4) is 5.75 Å². The Balaban J connectivity index is 2.18. The molecule has 1 saturated heterocycles. The average Bonchev–Trinajstić information content (AvgIpc) is 2.41. The van der Waals surface area contributed by atoms with Crippen LogP contribution in [0.3, 0.4) is 0 Å². The van der Waals surface area contributed by atoms with Gasteiger partial charge in [0, 0.05) is 26.2 Å². The van der Waals surface area contributed by atoms with Gasteiger partial charge in [-0.3, -0.25) is 4.90 Å². The molecule has 18 heavy (non-hydrogen) atoms. The normalized spacial score (nSPS) is 18.6. The van der Waals surface area contributed by atoms with E-state index in [1.54, 1.807) is 7.11 Å². The molecular formula is C13H19BrN2O2. The van der Waals surface area contributed by atoms with Gasteiger partial charge in [-0.1, -0.05) is 6.07 Å². The topological polar surface area (TPSA) is 44.7 Å². The van der Waals surface area contributed by atoms with Crippen molar-refractivity contribution in [2.75, 3.05) is 39.9 Å². The quantitative estimate of drug-likeness (QED) is 0.881. The summed E-state index contributed by atoms with van der Waals surface area (Å²) in [6, 6.07) is 6.05. The van der Waals surface area contributed by atoms with Gasteiger partial charge in [0.05, 0.1) is 24.2 Å². The first-order valence-corrected chi connectivity index (χ1v) is 6.94. The second-order valence-electron chi connectivity index (χ2n) is 4.38. The molecule has 1 fully saturated rings. The highest BCUT2D eigenvalue weighted by Crippen LogP contribution is 2.30. The fourth-order valence-corrected chi connectivity index (χ4v) is 2.87. The Morgan fingerprint density at radius 2 is 2.17 bits per heavy atom. The molecule has 1 aromatic rings. The first-order chi connectivity index (χ1) is 8.76. The summed E-state index contributed by atoms with van der Waals surface area (Å²) in [7, 11) is 1.65. The average molecular weight is 315 g/mol. The van der Waals surface area contributed by atoms with Crippen LogP contribution in [0.15, 0.2) is 22.7 Å². The Morgan fingerprint density at radius 1 is 1.44 bits per heavy atom. The summed E-state index contributed by atoms with van der Waals surface area (Å²) in [5.41, 5.74) is 1.12. The van der Waals surface area contributed by atoms with Crippen LogP contribution in [0, 0.1) is 0 Å². The van der Waals surface area contributed by atoms with Crippen molar-refractivity contribution in [3.63, 3.8) is 0 Å². The number of benzene rings is 1. The minimum absolute atomic E-state index is 0.0642. The first kappa shape index (κ1) is 13.8. The van der Waals surface area contributed by atoms with Crippen LogP contribution >= 0.6 is 15.9 Å². The minimum Gasteiger partial charge on any atom is -0.496 e. The Hall–Kier alpha value is -0.620. The van der Waals surface area contributed by atoms with E-state index in [9.17, 15) is 5.11 Å². The fraction of sp³-hybridized carbons (Fsp3) is 0.538. The van der Waals surface area contributed by atoms with Crippen molar-refractivity contribution in [1.29, 1.82) is 0 Å². The third-order valence-electron chi connectivity index (χ3n) is 3.33. The molecule has 4 nitrogen and oxygen atoms in total. The van der Waals surface area contributed by atoms with Crippen LogP contribution in [0.4, 0.5) is 0 Å². The van der Waals surface area contributed by atoms with Crippen LogP contribution < -0.4 is 10.1 Å². The van der Waals surface area contributed by atoms with Gasteiger partial charge in [-0.2, -0.15) is 0 Å². The van der Waals surface area contributed by atoms with E-state index >= 15 is 0 Å². The highest BCUT2D eigenvalue weighted by atomic mass is 79.9. The second-order valence-corrected chi connectivity index (χ2v) is 5.23. The maximum absolute atomic E-state index is 9.64. The van der Waals surface area contributed by atoms with E-state index in [1.807, 2.05) is 18.2 Å². The molecule has 0 unspecified atom stereocenters. The van der Waals surface area contributed by atoms with Gasteiger partial charge in [0.2, 0.25) is 0 Å². The van der Waals surface area contributed by atoms with E-state index in [1.165, 1.54) is 0 Å². The summed E-state index contributed by atoms with van der Waals surface area (Å²) in [6.45, 7) is 4.03. The molecular weight excluding hydrogens is 296 g/mol. The molecule has 2 rings (SSSR count). The molecule has 1 heterocycles. The third-order valence-corrected chi connectivity index (χ3v) is 3.95. The zero-order valence-electron chi connectivity index (χ0n) is 10.5. The van der Waals surface area contributed by atoms with Crippen molar-refractivity contribution in [1.82, 2.24) is 10.2 Å². The highest BCUT2D eigenvalue weighted by molar-refractivity contribution is 9.10. The molecule has 0 amide bonds. The van der Waals surface area contributed by atoms with Gasteiger partial charge in [0.15, 0.2) is 0 Å². The lowest BCUT2D eigenvalue weighted by Crippen LogP contribution is -2.46. The van der Waals surface area contributed by atoms with Gasteiger partial charge in [-0.15, -0.1) is 0 Å². The molecule has 0 saturated carbocycles. The summed E-state index contributed by atoms with van der Waals surface area (Å²) in [5, 5.41) is 13.0. The molecule has 1 aromatic carbocycles. The van der Waals surface area contributed by atoms with Crippen LogP contribution in [0.2, 0.25) is 0 Å². The maximum Gasteiger partial charge on any atom is 0.133 e. The molecule has 0 bridgehead atoms. The van der Waals surface area contributed by atoms with Crippen molar-refractivity contribution < 1.29 is 9.84 Å². The number of ether oxygens (including phenoxy) is 1. The number of piperazine rings is 1. The lowest BCUT2D eigenvalue weighted by Gasteiger charge is -2.34. The molecule has 5 heteroatoms. The summed E-state index contributed by atoms with van der Waals surface area (Å²) < 4.78 is 6.15.